The van der Waals surface area contributed by atoms with Crippen molar-refractivity contribution in [2.75, 3.05) is 13.1 Å². The Morgan fingerprint density at radius 3 is 2.47 bits per heavy atom. The van der Waals surface area contributed by atoms with E-state index in [-0.39, 0.29) is 29.4 Å². The number of carbonyl (C=O) groups is 1. The van der Waals surface area contributed by atoms with Gasteiger partial charge in [-0.25, -0.2) is 0 Å². The van der Waals surface area contributed by atoms with Crippen LogP contribution in [0.2, 0.25) is 5.02 Å². The lowest BCUT2D eigenvalue weighted by atomic mass is 10.2. The summed E-state index contributed by atoms with van der Waals surface area (Å²) >= 11 is 5.85. The maximum absolute atomic E-state index is 12.1. The number of amides is 1. The van der Waals surface area contributed by atoms with E-state index < -0.39 is 23.0 Å². The molecule has 1 aliphatic heterocycles. The molecule has 0 saturated carbocycles. The van der Waals surface area contributed by atoms with Crippen LogP contribution >= 0.6 is 11.6 Å². The molecule has 1 aliphatic rings. The number of carbonyl (C=O) groups excluding carboxylic acids is 1. The average molecular weight is 287 g/mol. The van der Waals surface area contributed by atoms with Crippen LogP contribution in [0.5, 0.6) is 0 Å². The fraction of sp³-hybridized carbons (Fsp3) is 0.364. The fourth-order valence-corrected chi connectivity index (χ4v) is 2.09. The summed E-state index contributed by atoms with van der Waals surface area (Å²) in [4.78, 5) is 23.4. The molecule has 2 N–H and O–H groups in total. The first kappa shape index (κ1) is 13.7. The third-order valence-electron chi connectivity index (χ3n) is 2.94. The molecule has 8 heteroatoms. The zero-order valence-corrected chi connectivity index (χ0v) is 10.4. The number of rotatable bonds is 2. The van der Waals surface area contributed by atoms with Crippen LogP contribution < -0.4 is 0 Å². The van der Waals surface area contributed by atoms with Crippen molar-refractivity contribution in [1.29, 1.82) is 0 Å². The molecule has 1 aromatic carbocycles. The summed E-state index contributed by atoms with van der Waals surface area (Å²) in [6, 6.07) is 3.56. The minimum atomic E-state index is -1.01. The number of β-amino-alcohol motifs (C(OH)–C–C–N with tert-alkyl or cyclic N) is 2. The molecule has 0 aromatic heterocycles. The largest absolute Gasteiger partial charge is 0.388 e. The highest BCUT2D eigenvalue weighted by atomic mass is 35.5. The quantitative estimate of drug-likeness (QED) is 0.606. The normalized spacial score (nSPS) is 22.6. The number of aliphatic hydroxyl groups is 2. The van der Waals surface area contributed by atoms with Gasteiger partial charge in [0.15, 0.2) is 0 Å². The Morgan fingerprint density at radius 2 is 1.95 bits per heavy atom. The van der Waals surface area contributed by atoms with Crippen LogP contribution in [0.25, 0.3) is 0 Å². The van der Waals surface area contributed by atoms with E-state index in [2.05, 4.69) is 0 Å². The zero-order valence-electron chi connectivity index (χ0n) is 9.69. The number of nitrogens with zero attached hydrogens (tertiary/aromatic N) is 2. The Morgan fingerprint density at radius 1 is 1.37 bits per heavy atom. The number of aliphatic hydroxyl groups excluding tert-OH is 2. The Bertz CT molecular complexity index is 526. The lowest BCUT2D eigenvalue weighted by Gasteiger charge is -2.15. The highest BCUT2D eigenvalue weighted by Gasteiger charge is 2.34. The van der Waals surface area contributed by atoms with Crippen molar-refractivity contribution in [3.8, 4) is 0 Å². The third kappa shape index (κ3) is 2.67. The number of likely N-dealkylation sites (tertiary alicyclic amines) is 1. The van der Waals surface area contributed by atoms with E-state index in [9.17, 15) is 25.1 Å². The number of hydrogen-bond acceptors (Lipinski definition) is 5. The monoisotopic (exact) mass is 286 g/mol. The number of benzene rings is 1. The van der Waals surface area contributed by atoms with E-state index in [1.165, 1.54) is 17.0 Å². The van der Waals surface area contributed by atoms with Crippen LogP contribution in [0, 0.1) is 10.1 Å². The first-order valence-electron chi connectivity index (χ1n) is 5.49. The van der Waals surface area contributed by atoms with Gasteiger partial charge in [0.2, 0.25) is 0 Å². The molecule has 0 spiro atoms. The molecule has 0 unspecified atom stereocenters. The first-order valence-corrected chi connectivity index (χ1v) is 5.87. The van der Waals surface area contributed by atoms with E-state index in [1.54, 1.807) is 0 Å². The molecule has 1 fully saturated rings. The van der Waals surface area contributed by atoms with E-state index in [0.29, 0.717) is 0 Å². The van der Waals surface area contributed by atoms with Gasteiger partial charge in [0.05, 0.1) is 27.7 Å². The van der Waals surface area contributed by atoms with E-state index in [0.717, 1.165) is 6.07 Å². The maximum Gasteiger partial charge on any atom is 0.270 e. The van der Waals surface area contributed by atoms with E-state index in [1.807, 2.05) is 0 Å². The lowest BCUT2D eigenvalue weighted by molar-refractivity contribution is -0.384. The van der Waals surface area contributed by atoms with Crippen LogP contribution in [0.4, 0.5) is 5.69 Å². The second-order valence-electron chi connectivity index (χ2n) is 4.27. The van der Waals surface area contributed by atoms with Crippen molar-refractivity contribution >= 4 is 23.2 Å². The Labute approximate surface area is 113 Å². The third-order valence-corrected chi connectivity index (χ3v) is 3.27. The maximum atomic E-state index is 12.1. The highest BCUT2D eigenvalue weighted by molar-refractivity contribution is 6.33. The molecule has 102 valence electrons. The van der Waals surface area contributed by atoms with Gasteiger partial charge in [0.1, 0.15) is 0 Å². The molecule has 2 rings (SSSR count). The van der Waals surface area contributed by atoms with E-state index >= 15 is 0 Å². The molecule has 19 heavy (non-hydrogen) atoms. The second-order valence-corrected chi connectivity index (χ2v) is 4.67. The standard InChI is InChI=1S/C11H11ClN2O5/c12-8-2-1-6(14(18)19)3-7(8)11(17)13-4-9(15)10(16)5-13/h1-3,9-10,15-16H,4-5H2/t9-,10+. The van der Waals surface area contributed by atoms with Crippen LogP contribution in [0.3, 0.4) is 0 Å². The van der Waals surface area contributed by atoms with E-state index in [4.69, 9.17) is 11.6 Å². The molecule has 7 nitrogen and oxygen atoms in total. The molecule has 1 aromatic rings. The van der Waals surface area contributed by atoms with Crippen molar-refractivity contribution in [3.63, 3.8) is 0 Å². The predicted octanol–water partition coefficient (Wildman–Crippen LogP) is 0.426. The summed E-state index contributed by atoms with van der Waals surface area (Å²) in [6.45, 7) is -0.0575. The molecule has 0 radical (unpaired) electrons. The summed E-state index contributed by atoms with van der Waals surface area (Å²) in [5.74, 6) is -0.552. The Balaban J connectivity index is 2.29. The predicted molar refractivity (Wildman–Crippen MR) is 66.0 cm³/mol. The van der Waals surface area contributed by atoms with Crippen molar-refractivity contribution < 1.29 is 19.9 Å². The van der Waals surface area contributed by atoms with Gasteiger partial charge in [-0.05, 0) is 6.07 Å². The summed E-state index contributed by atoms with van der Waals surface area (Å²) in [5.41, 5.74) is -0.259. The molecular formula is C11H11ClN2O5. The SMILES string of the molecule is O=C(c1cc([N+](=O)[O-])ccc1Cl)N1C[C@@H](O)[C@@H](O)C1. The van der Waals surface area contributed by atoms with Crippen molar-refractivity contribution in [2.24, 2.45) is 0 Å². The van der Waals surface area contributed by atoms with Gasteiger partial charge in [0.25, 0.3) is 11.6 Å². The number of non-ortho nitro benzene ring substituents is 1. The van der Waals surface area contributed by atoms with Gasteiger partial charge < -0.3 is 15.1 Å². The van der Waals surface area contributed by atoms with Crippen molar-refractivity contribution in [1.82, 2.24) is 4.90 Å². The van der Waals surface area contributed by atoms with Gasteiger partial charge in [-0.15, -0.1) is 0 Å². The van der Waals surface area contributed by atoms with Crippen LogP contribution in [-0.4, -0.2) is 51.2 Å². The molecule has 0 aliphatic carbocycles. The van der Waals surface area contributed by atoms with Crippen molar-refractivity contribution in [2.45, 2.75) is 12.2 Å². The smallest absolute Gasteiger partial charge is 0.270 e. The van der Waals surface area contributed by atoms with Gasteiger partial charge in [0, 0.05) is 25.2 Å². The summed E-state index contributed by atoms with van der Waals surface area (Å²) in [6.07, 6.45) is -2.03. The lowest BCUT2D eigenvalue weighted by Crippen LogP contribution is -2.30. The number of nitro benzene ring substituents is 1. The Kier molecular flexibility index (Phi) is 3.70. The molecule has 1 heterocycles. The highest BCUT2D eigenvalue weighted by Crippen LogP contribution is 2.24. The molecule has 2 atom stereocenters. The first-order chi connectivity index (χ1) is 8.90. The van der Waals surface area contributed by atoms with Crippen LogP contribution in [-0.2, 0) is 0 Å². The van der Waals surface area contributed by atoms with Gasteiger partial charge in [-0.1, -0.05) is 11.6 Å². The number of hydrogen-bond donors (Lipinski definition) is 2. The second kappa shape index (κ2) is 5.12. The van der Waals surface area contributed by atoms with Crippen molar-refractivity contribution in [3.05, 3.63) is 38.9 Å². The van der Waals surface area contributed by atoms with Crippen LogP contribution in [0.15, 0.2) is 18.2 Å². The Hall–Kier alpha value is -1.70. The minimum absolute atomic E-state index is 0.0165. The summed E-state index contributed by atoms with van der Waals surface area (Å²) in [5, 5.41) is 29.5. The number of nitro groups is 1. The molecule has 1 saturated heterocycles. The van der Waals surface area contributed by atoms with Gasteiger partial charge in [-0.3, -0.25) is 14.9 Å². The molecule has 0 bridgehead atoms. The topological polar surface area (TPSA) is 104 Å². The van der Waals surface area contributed by atoms with Gasteiger partial charge >= 0.3 is 0 Å². The minimum Gasteiger partial charge on any atom is -0.388 e. The molecular weight excluding hydrogens is 276 g/mol. The molecule has 1 amide bonds. The summed E-state index contributed by atoms with van der Waals surface area (Å²) in [7, 11) is 0. The average Bonchev–Trinajstić information content (AvgIpc) is 2.69. The summed E-state index contributed by atoms with van der Waals surface area (Å²) < 4.78 is 0. The van der Waals surface area contributed by atoms with Crippen LogP contribution in [0.1, 0.15) is 10.4 Å². The zero-order chi connectivity index (χ0) is 14.2. The fourth-order valence-electron chi connectivity index (χ4n) is 1.90. The van der Waals surface area contributed by atoms with Gasteiger partial charge in [-0.2, -0.15) is 0 Å². The number of halogens is 1.